The van der Waals surface area contributed by atoms with Crippen LogP contribution in [0.2, 0.25) is 0 Å². The van der Waals surface area contributed by atoms with Crippen molar-refractivity contribution in [1.29, 1.82) is 0 Å². The number of amides is 1. The first-order chi connectivity index (χ1) is 7.25. The van der Waals surface area contributed by atoms with Crippen molar-refractivity contribution < 1.29 is 9.21 Å². The number of fused-ring (bicyclic) bond motifs is 1. The molecule has 80 valence electrons. The maximum Gasteiger partial charge on any atom is 0.226 e. The van der Waals surface area contributed by atoms with E-state index in [1.54, 1.807) is 18.1 Å². The molecule has 3 rings (SSSR count). The number of nitrogens with zero attached hydrogens (tertiary/aromatic N) is 1. The van der Waals surface area contributed by atoms with E-state index >= 15 is 0 Å². The van der Waals surface area contributed by atoms with Crippen LogP contribution in [0.25, 0.3) is 0 Å². The van der Waals surface area contributed by atoms with Crippen molar-refractivity contribution >= 4 is 17.5 Å². The highest BCUT2D eigenvalue weighted by molar-refractivity contribution is 5.94. The van der Waals surface area contributed by atoms with Crippen molar-refractivity contribution in [3.8, 4) is 0 Å². The van der Waals surface area contributed by atoms with Gasteiger partial charge in [0.15, 0.2) is 0 Å². The van der Waals surface area contributed by atoms with Gasteiger partial charge in [-0.25, -0.2) is 0 Å². The molecular weight excluding hydrogens is 192 g/mol. The second-order valence-corrected chi connectivity index (χ2v) is 4.36. The summed E-state index contributed by atoms with van der Waals surface area (Å²) in [6.45, 7) is 2.32. The molecule has 4 nitrogen and oxygen atoms in total. The maximum atomic E-state index is 11.5. The highest BCUT2D eigenvalue weighted by Gasteiger charge is 2.38. The van der Waals surface area contributed by atoms with Crippen LogP contribution in [0.5, 0.6) is 0 Å². The Morgan fingerprint density at radius 3 is 3.07 bits per heavy atom. The lowest BCUT2D eigenvalue weighted by Crippen LogP contribution is -2.44. The third-order valence-electron chi connectivity index (χ3n) is 3.18. The minimum Gasteiger partial charge on any atom is -0.446 e. The van der Waals surface area contributed by atoms with Gasteiger partial charge >= 0.3 is 0 Å². The number of rotatable bonds is 1. The van der Waals surface area contributed by atoms with Crippen molar-refractivity contribution in [1.82, 2.24) is 0 Å². The average Bonchev–Trinajstić information content (AvgIpc) is 2.95. The average molecular weight is 206 g/mol. The second kappa shape index (κ2) is 3.02. The predicted molar refractivity (Wildman–Crippen MR) is 56.9 cm³/mol. The van der Waals surface area contributed by atoms with Crippen LogP contribution >= 0.6 is 0 Å². The Labute approximate surface area is 88.2 Å². The quantitative estimate of drug-likeness (QED) is 0.762. The van der Waals surface area contributed by atoms with Crippen molar-refractivity contribution in [2.75, 3.05) is 16.8 Å². The highest BCUT2D eigenvalue weighted by Crippen LogP contribution is 2.40. The zero-order valence-corrected chi connectivity index (χ0v) is 8.69. The Balaban J connectivity index is 1.92. The van der Waals surface area contributed by atoms with Crippen LogP contribution in [0, 0.1) is 5.92 Å². The Morgan fingerprint density at radius 1 is 1.60 bits per heavy atom. The van der Waals surface area contributed by atoms with Crippen LogP contribution in [-0.2, 0) is 4.79 Å². The molecule has 1 atom stereocenters. The maximum absolute atomic E-state index is 11.5. The number of anilines is 2. The van der Waals surface area contributed by atoms with Crippen molar-refractivity contribution in [2.45, 2.75) is 25.8 Å². The molecule has 2 heterocycles. The van der Waals surface area contributed by atoms with Crippen LogP contribution in [0.4, 0.5) is 11.6 Å². The fraction of sp³-hybridized carbons (Fsp3) is 0.545. The van der Waals surface area contributed by atoms with Gasteiger partial charge in [0.2, 0.25) is 11.8 Å². The summed E-state index contributed by atoms with van der Waals surface area (Å²) in [7, 11) is 0. The zero-order chi connectivity index (χ0) is 10.4. The van der Waals surface area contributed by atoms with E-state index in [0.29, 0.717) is 11.9 Å². The zero-order valence-electron chi connectivity index (χ0n) is 8.69. The SMILES string of the molecule is CC(=O)N1CC(C2CC2)Nc2ccoc21. The Bertz CT molecular complexity index is 395. The topological polar surface area (TPSA) is 45.5 Å². The molecule has 1 aliphatic carbocycles. The van der Waals surface area contributed by atoms with E-state index in [4.69, 9.17) is 4.42 Å². The molecule has 1 amide bonds. The summed E-state index contributed by atoms with van der Waals surface area (Å²) in [5.41, 5.74) is 0.952. The van der Waals surface area contributed by atoms with Gasteiger partial charge < -0.3 is 9.73 Å². The third-order valence-corrected chi connectivity index (χ3v) is 3.18. The van der Waals surface area contributed by atoms with Gasteiger partial charge in [0.1, 0.15) is 0 Å². The van der Waals surface area contributed by atoms with Gasteiger partial charge in [0.05, 0.1) is 12.0 Å². The number of nitrogens with one attached hydrogen (secondary N) is 1. The Kier molecular flexibility index (Phi) is 1.78. The molecular formula is C11H14N2O2. The molecule has 0 bridgehead atoms. The largest absolute Gasteiger partial charge is 0.446 e. The van der Waals surface area contributed by atoms with E-state index in [9.17, 15) is 4.79 Å². The van der Waals surface area contributed by atoms with E-state index in [-0.39, 0.29) is 5.91 Å². The molecule has 1 aromatic heterocycles. The van der Waals surface area contributed by atoms with Crippen LogP contribution < -0.4 is 10.2 Å². The molecule has 4 heteroatoms. The molecule has 1 fully saturated rings. The minimum absolute atomic E-state index is 0.0540. The summed E-state index contributed by atoms with van der Waals surface area (Å²) in [4.78, 5) is 13.2. The molecule has 0 saturated heterocycles. The van der Waals surface area contributed by atoms with Gasteiger partial charge in [-0.15, -0.1) is 0 Å². The first-order valence-electron chi connectivity index (χ1n) is 5.38. The molecule has 2 aliphatic rings. The van der Waals surface area contributed by atoms with Gasteiger partial charge in [-0.05, 0) is 18.8 Å². The standard InChI is InChI=1S/C11H14N2O2/c1-7(14)13-6-10(8-2-3-8)12-9-4-5-15-11(9)13/h4-5,8,10,12H,2-3,6H2,1H3. The minimum atomic E-state index is 0.0540. The van der Waals surface area contributed by atoms with E-state index in [1.165, 1.54) is 12.8 Å². The number of furan rings is 1. The summed E-state index contributed by atoms with van der Waals surface area (Å²) in [5.74, 6) is 1.45. The monoisotopic (exact) mass is 206 g/mol. The summed E-state index contributed by atoms with van der Waals surface area (Å²) >= 11 is 0. The molecule has 1 unspecified atom stereocenters. The van der Waals surface area contributed by atoms with Gasteiger partial charge in [-0.1, -0.05) is 0 Å². The molecule has 15 heavy (non-hydrogen) atoms. The molecule has 1 N–H and O–H groups in total. The predicted octanol–water partition coefficient (Wildman–Crippen LogP) is 1.84. The summed E-state index contributed by atoms with van der Waals surface area (Å²) in [6, 6.07) is 2.29. The normalized spacial score (nSPS) is 24.6. The molecule has 1 aromatic rings. The molecule has 0 aromatic carbocycles. The molecule has 0 radical (unpaired) electrons. The number of carbonyl (C=O) groups excluding carboxylic acids is 1. The smallest absolute Gasteiger partial charge is 0.226 e. The van der Waals surface area contributed by atoms with Crippen LogP contribution in [0.1, 0.15) is 19.8 Å². The lowest BCUT2D eigenvalue weighted by atomic mass is 10.1. The van der Waals surface area contributed by atoms with Gasteiger partial charge in [0, 0.05) is 25.6 Å². The second-order valence-electron chi connectivity index (χ2n) is 4.36. The van der Waals surface area contributed by atoms with Crippen molar-refractivity contribution in [3.05, 3.63) is 12.3 Å². The van der Waals surface area contributed by atoms with E-state index in [0.717, 1.165) is 18.2 Å². The van der Waals surface area contributed by atoms with Crippen LogP contribution in [0.3, 0.4) is 0 Å². The van der Waals surface area contributed by atoms with Crippen molar-refractivity contribution in [3.63, 3.8) is 0 Å². The first kappa shape index (κ1) is 8.83. The first-order valence-corrected chi connectivity index (χ1v) is 5.38. The number of carbonyl (C=O) groups is 1. The lowest BCUT2D eigenvalue weighted by molar-refractivity contribution is -0.116. The lowest BCUT2D eigenvalue weighted by Gasteiger charge is -2.32. The summed E-state index contributed by atoms with van der Waals surface area (Å²) in [5, 5.41) is 3.44. The van der Waals surface area contributed by atoms with Crippen LogP contribution in [-0.4, -0.2) is 18.5 Å². The number of hydrogen-bond acceptors (Lipinski definition) is 3. The molecule has 0 spiro atoms. The van der Waals surface area contributed by atoms with Gasteiger partial charge in [-0.2, -0.15) is 0 Å². The van der Waals surface area contributed by atoms with Gasteiger partial charge in [-0.3, -0.25) is 9.69 Å². The summed E-state index contributed by atoms with van der Waals surface area (Å²) in [6.07, 6.45) is 4.18. The Hall–Kier alpha value is -1.45. The van der Waals surface area contributed by atoms with E-state index in [1.807, 2.05) is 6.07 Å². The molecule has 1 saturated carbocycles. The van der Waals surface area contributed by atoms with Gasteiger partial charge in [0.25, 0.3) is 0 Å². The Morgan fingerprint density at radius 2 is 2.40 bits per heavy atom. The highest BCUT2D eigenvalue weighted by atomic mass is 16.3. The van der Waals surface area contributed by atoms with E-state index in [2.05, 4.69) is 5.32 Å². The van der Waals surface area contributed by atoms with Crippen LogP contribution in [0.15, 0.2) is 16.7 Å². The van der Waals surface area contributed by atoms with Crippen molar-refractivity contribution in [2.24, 2.45) is 5.92 Å². The number of hydrogen-bond donors (Lipinski definition) is 1. The van der Waals surface area contributed by atoms with E-state index < -0.39 is 0 Å². The third kappa shape index (κ3) is 1.40. The fourth-order valence-corrected chi connectivity index (χ4v) is 2.18. The molecule has 1 aliphatic heterocycles. The fourth-order valence-electron chi connectivity index (χ4n) is 2.18. The summed E-state index contributed by atoms with van der Waals surface area (Å²) < 4.78 is 5.32.